The number of sulfonamides is 1. The molecule has 2 fully saturated rings. The van der Waals surface area contributed by atoms with Crippen molar-refractivity contribution in [1.82, 2.24) is 9.21 Å². The zero-order valence-electron chi connectivity index (χ0n) is 17.0. The zero-order valence-corrected chi connectivity index (χ0v) is 18.6. The first-order chi connectivity index (χ1) is 14.2. The Labute approximate surface area is 182 Å². The van der Waals surface area contributed by atoms with Crippen LogP contribution >= 0.6 is 11.6 Å². The predicted octanol–water partition coefficient (Wildman–Crippen LogP) is 1.86. The van der Waals surface area contributed by atoms with Gasteiger partial charge in [0.05, 0.1) is 22.4 Å². The van der Waals surface area contributed by atoms with Crippen LogP contribution in [0.2, 0.25) is 5.02 Å². The van der Waals surface area contributed by atoms with Gasteiger partial charge in [-0.1, -0.05) is 11.6 Å². The molecule has 0 aromatic heterocycles. The maximum atomic E-state index is 13.1. The van der Waals surface area contributed by atoms with E-state index in [9.17, 15) is 18.0 Å². The van der Waals surface area contributed by atoms with Gasteiger partial charge in [0.2, 0.25) is 21.8 Å². The number of rotatable bonds is 6. The molecule has 2 amide bonds. The lowest BCUT2D eigenvalue weighted by Gasteiger charge is -2.37. The molecule has 0 aliphatic carbocycles. The monoisotopic (exact) mass is 457 g/mol. The van der Waals surface area contributed by atoms with Crippen LogP contribution in [0, 0.1) is 11.8 Å². The van der Waals surface area contributed by atoms with Crippen LogP contribution in [0.15, 0.2) is 23.1 Å². The first-order valence-corrected chi connectivity index (χ1v) is 12.1. The van der Waals surface area contributed by atoms with Crippen LogP contribution in [0.5, 0.6) is 5.75 Å². The van der Waals surface area contributed by atoms with E-state index < -0.39 is 15.9 Å². The minimum atomic E-state index is -3.77. The second kappa shape index (κ2) is 9.53. The average molecular weight is 458 g/mol. The highest BCUT2D eigenvalue weighted by atomic mass is 35.5. The van der Waals surface area contributed by atoms with Crippen LogP contribution in [0.1, 0.15) is 32.6 Å². The van der Waals surface area contributed by atoms with Gasteiger partial charge in [0.25, 0.3) is 0 Å². The number of halogens is 1. The Balaban J connectivity index is 1.68. The van der Waals surface area contributed by atoms with Gasteiger partial charge in [0, 0.05) is 32.1 Å². The molecule has 30 heavy (non-hydrogen) atoms. The number of amides is 2. The molecule has 2 N–H and O–H groups in total. The highest BCUT2D eigenvalue weighted by molar-refractivity contribution is 7.89. The summed E-state index contributed by atoms with van der Waals surface area (Å²) < 4.78 is 33.0. The number of hydrogen-bond acceptors (Lipinski definition) is 5. The van der Waals surface area contributed by atoms with E-state index in [1.807, 2.05) is 6.92 Å². The first kappa shape index (κ1) is 22.8. The van der Waals surface area contributed by atoms with Crippen LogP contribution in [-0.2, 0) is 19.6 Å². The highest BCUT2D eigenvalue weighted by Crippen LogP contribution is 2.31. The van der Waals surface area contributed by atoms with Crippen molar-refractivity contribution in [3.8, 4) is 5.75 Å². The van der Waals surface area contributed by atoms with Gasteiger partial charge >= 0.3 is 0 Å². The van der Waals surface area contributed by atoms with Gasteiger partial charge in [0.15, 0.2) is 0 Å². The summed E-state index contributed by atoms with van der Waals surface area (Å²) in [6.45, 7) is 3.71. The van der Waals surface area contributed by atoms with Crippen LogP contribution in [-0.4, -0.2) is 62.2 Å². The Morgan fingerprint density at radius 2 is 1.87 bits per heavy atom. The average Bonchev–Trinajstić information content (AvgIpc) is 2.75. The van der Waals surface area contributed by atoms with E-state index in [4.69, 9.17) is 22.1 Å². The van der Waals surface area contributed by atoms with E-state index in [2.05, 4.69) is 0 Å². The van der Waals surface area contributed by atoms with Crippen molar-refractivity contribution in [2.75, 3.05) is 32.8 Å². The number of nitrogens with two attached hydrogens (primary N) is 1. The largest absolute Gasteiger partial charge is 0.492 e. The summed E-state index contributed by atoms with van der Waals surface area (Å²) in [5, 5.41) is 0.236. The van der Waals surface area contributed by atoms with Crippen molar-refractivity contribution in [3.05, 3.63) is 23.2 Å². The summed E-state index contributed by atoms with van der Waals surface area (Å²) in [6, 6.07) is 4.42. The predicted molar refractivity (Wildman–Crippen MR) is 113 cm³/mol. The molecular formula is C20H28ClN3O5S. The molecule has 3 rings (SSSR count). The molecule has 0 unspecified atom stereocenters. The Kier molecular flexibility index (Phi) is 7.26. The summed E-state index contributed by atoms with van der Waals surface area (Å²) in [6.07, 6.45) is 2.36. The SMILES string of the molecule is CCOc1ccc(S(=O)(=O)N2CCC[C@H](C(=O)N3CCC(C(N)=O)CC3)C2)cc1Cl. The van der Waals surface area contributed by atoms with Gasteiger partial charge in [-0.15, -0.1) is 0 Å². The number of piperidine rings is 2. The fourth-order valence-corrected chi connectivity index (χ4v) is 5.92. The number of carbonyl (C=O) groups is 2. The lowest BCUT2D eigenvalue weighted by Crippen LogP contribution is -2.49. The van der Waals surface area contributed by atoms with Crippen LogP contribution in [0.4, 0.5) is 0 Å². The summed E-state index contributed by atoms with van der Waals surface area (Å²) in [5.41, 5.74) is 5.36. The Morgan fingerprint density at radius 1 is 1.17 bits per heavy atom. The Hall–Kier alpha value is -1.84. The molecule has 0 bridgehead atoms. The summed E-state index contributed by atoms with van der Waals surface area (Å²) in [4.78, 5) is 26.1. The fraction of sp³-hybridized carbons (Fsp3) is 0.600. The molecule has 1 aromatic rings. The minimum Gasteiger partial charge on any atom is -0.492 e. The lowest BCUT2D eigenvalue weighted by molar-refractivity contribution is -0.139. The van der Waals surface area contributed by atoms with Crippen molar-refractivity contribution < 1.29 is 22.7 Å². The highest BCUT2D eigenvalue weighted by Gasteiger charge is 2.36. The quantitative estimate of drug-likeness (QED) is 0.701. The Morgan fingerprint density at radius 3 is 2.47 bits per heavy atom. The number of primary amides is 1. The first-order valence-electron chi connectivity index (χ1n) is 10.2. The van der Waals surface area contributed by atoms with Crippen molar-refractivity contribution in [3.63, 3.8) is 0 Å². The second-order valence-electron chi connectivity index (χ2n) is 7.73. The molecule has 1 atom stereocenters. The smallest absolute Gasteiger partial charge is 0.243 e. The number of nitrogens with zero attached hydrogens (tertiary/aromatic N) is 2. The molecule has 166 valence electrons. The fourth-order valence-electron chi connectivity index (χ4n) is 4.07. The van der Waals surface area contributed by atoms with E-state index in [-0.39, 0.29) is 34.2 Å². The van der Waals surface area contributed by atoms with Gasteiger partial charge in [-0.05, 0) is 50.8 Å². The van der Waals surface area contributed by atoms with E-state index >= 15 is 0 Å². The third-order valence-corrected chi connectivity index (χ3v) is 7.94. The van der Waals surface area contributed by atoms with Crippen LogP contribution in [0.3, 0.4) is 0 Å². The van der Waals surface area contributed by atoms with Gasteiger partial charge in [-0.2, -0.15) is 4.31 Å². The molecule has 1 aromatic carbocycles. The van der Waals surface area contributed by atoms with Gasteiger partial charge in [-0.25, -0.2) is 8.42 Å². The van der Waals surface area contributed by atoms with Crippen LogP contribution < -0.4 is 10.5 Å². The Bertz CT molecular complexity index is 900. The lowest BCUT2D eigenvalue weighted by atomic mass is 9.93. The molecule has 0 spiro atoms. The van der Waals surface area contributed by atoms with E-state index in [1.165, 1.54) is 16.4 Å². The molecule has 10 heteroatoms. The number of hydrogen-bond donors (Lipinski definition) is 1. The third-order valence-electron chi connectivity index (χ3n) is 5.78. The summed E-state index contributed by atoms with van der Waals surface area (Å²) in [5.74, 6) is -0.531. The third kappa shape index (κ3) is 4.90. The molecule has 0 radical (unpaired) electrons. The van der Waals surface area contributed by atoms with Gasteiger partial charge in [0.1, 0.15) is 5.75 Å². The van der Waals surface area contributed by atoms with Crippen molar-refractivity contribution in [1.29, 1.82) is 0 Å². The maximum absolute atomic E-state index is 13.1. The molecule has 2 aliphatic heterocycles. The molecule has 2 saturated heterocycles. The zero-order chi connectivity index (χ0) is 21.9. The summed E-state index contributed by atoms with van der Waals surface area (Å²) >= 11 is 6.17. The number of ether oxygens (including phenoxy) is 1. The van der Waals surface area contributed by atoms with Gasteiger partial charge in [-0.3, -0.25) is 9.59 Å². The number of benzene rings is 1. The molecule has 2 heterocycles. The van der Waals surface area contributed by atoms with E-state index in [0.717, 1.165) is 0 Å². The van der Waals surface area contributed by atoms with Crippen molar-refractivity contribution in [2.24, 2.45) is 17.6 Å². The van der Waals surface area contributed by atoms with Crippen LogP contribution in [0.25, 0.3) is 0 Å². The van der Waals surface area contributed by atoms with Crippen molar-refractivity contribution >= 4 is 33.4 Å². The standard InChI is InChI=1S/C20H28ClN3O5S/c1-2-29-18-6-5-16(12-17(18)21)30(27,28)24-9-3-4-15(13-24)20(26)23-10-7-14(8-11-23)19(22)25/h5-6,12,14-15H,2-4,7-11,13H2,1H3,(H2,22,25)/t15-/m0/s1. The molecule has 2 aliphatic rings. The molecular weight excluding hydrogens is 430 g/mol. The maximum Gasteiger partial charge on any atom is 0.243 e. The van der Waals surface area contributed by atoms with E-state index in [0.29, 0.717) is 57.7 Å². The number of likely N-dealkylation sites (tertiary alicyclic amines) is 1. The summed E-state index contributed by atoms with van der Waals surface area (Å²) in [7, 11) is -3.77. The number of carbonyl (C=O) groups excluding carboxylic acids is 2. The molecule has 8 nitrogen and oxygen atoms in total. The topological polar surface area (TPSA) is 110 Å². The van der Waals surface area contributed by atoms with E-state index in [1.54, 1.807) is 11.0 Å². The minimum absolute atomic E-state index is 0.0532. The normalized spacial score (nSPS) is 21.4. The second-order valence-corrected chi connectivity index (χ2v) is 10.1. The van der Waals surface area contributed by atoms with Gasteiger partial charge < -0.3 is 15.4 Å². The molecule has 0 saturated carbocycles. The van der Waals surface area contributed by atoms with Crippen molar-refractivity contribution in [2.45, 2.75) is 37.5 Å².